The summed E-state index contributed by atoms with van der Waals surface area (Å²) in [6, 6.07) is 54.3. The molecule has 9 aromatic rings. The summed E-state index contributed by atoms with van der Waals surface area (Å²) in [5.74, 6) is 2.27. The fourth-order valence-corrected chi connectivity index (χ4v) is 11.0. The zero-order valence-electron chi connectivity index (χ0n) is 36.8. The van der Waals surface area contributed by atoms with E-state index in [1.54, 1.807) is 0 Å². The first-order valence-corrected chi connectivity index (χ1v) is 25.7. The average Bonchev–Trinajstić information content (AvgIpc) is 3.82. The molecule has 6 aromatic carbocycles. The maximum atomic E-state index is 5.25. The molecule has 311 valence electrons. The second-order valence-corrected chi connectivity index (χ2v) is 24.1. The van der Waals surface area contributed by atoms with Crippen LogP contribution in [-0.2, 0) is 26.5 Å². The predicted molar refractivity (Wildman–Crippen MR) is 262 cm³/mol. The zero-order valence-corrected chi connectivity index (χ0v) is 41.0. The minimum Gasteiger partial charge on any atom is -0.333 e. The minimum absolute atomic E-state index is 0. The maximum Gasteiger partial charge on any atom is 0.0798 e. The molecule has 0 bridgehead atoms. The van der Waals surface area contributed by atoms with Crippen molar-refractivity contribution >= 4 is 55.8 Å². The van der Waals surface area contributed by atoms with Gasteiger partial charge in [-0.2, -0.15) is 11.3 Å². The van der Waals surface area contributed by atoms with E-state index in [0.29, 0.717) is 17.8 Å². The molecular formula is C55H55IrN3SSi-2. The van der Waals surface area contributed by atoms with E-state index in [1.165, 1.54) is 58.9 Å². The number of pyridine rings is 1. The standard InChI is InChI=1S/C37H31N2S.C18H24NSi.Ir/c1-23(2)29-21-27(25-12-6-5-7-13-25)22-30(24(3)4)36(29)39-33-16-10-9-15-32(33)38-37(39)26-18-19-35-31(20-26)28-14-8-11-17-34(28)40-35;1-14(2)11-16-12-17(15-9-7-6-8-10-15)19-13-18(16)20(3,4)5;/h5-17,19-24H,1-4H3;6-9,12-14H,11H2,1-5H3;/q2*-1;. The fourth-order valence-electron chi connectivity index (χ4n) is 8.33. The van der Waals surface area contributed by atoms with Crippen LogP contribution in [0, 0.1) is 18.1 Å². The van der Waals surface area contributed by atoms with Gasteiger partial charge in [-0.1, -0.05) is 139 Å². The molecule has 0 atom stereocenters. The molecule has 3 nitrogen and oxygen atoms in total. The van der Waals surface area contributed by atoms with E-state index in [2.05, 4.69) is 204 Å². The Bertz CT molecular complexity index is 2890. The number of hydrogen-bond acceptors (Lipinski definition) is 3. The molecule has 0 saturated carbocycles. The number of para-hydroxylation sites is 2. The van der Waals surface area contributed by atoms with Crippen LogP contribution in [0.4, 0.5) is 0 Å². The van der Waals surface area contributed by atoms with E-state index < -0.39 is 8.07 Å². The van der Waals surface area contributed by atoms with Crippen LogP contribution in [-0.4, -0.2) is 22.6 Å². The first-order chi connectivity index (χ1) is 28.9. The third-order valence-electron chi connectivity index (χ3n) is 11.3. The van der Waals surface area contributed by atoms with E-state index in [0.717, 1.165) is 40.1 Å². The van der Waals surface area contributed by atoms with Crippen molar-refractivity contribution in [2.45, 2.75) is 79.4 Å². The molecule has 9 rings (SSSR count). The van der Waals surface area contributed by atoms with Gasteiger partial charge in [0.2, 0.25) is 0 Å². The fraction of sp³-hybridized carbons (Fsp3) is 0.236. The first kappa shape index (κ1) is 44.1. The summed E-state index contributed by atoms with van der Waals surface area (Å²) in [4.78, 5) is 9.93. The van der Waals surface area contributed by atoms with Crippen LogP contribution in [0.5, 0.6) is 0 Å². The Hall–Kier alpha value is -4.97. The second kappa shape index (κ2) is 18.6. The van der Waals surface area contributed by atoms with Crippen molar-refractivity contribution in [1.82, 2.24) is 14.5 Å². The molecule has 0 N–H and O–H groups in total. The van der Waals surface area contributed by atoms with Crippen LogP contribution in [0.2, 0.25) is 19.6 Å². The Balaban J connectivity index is 0.000000226. The first-order valence-electron chi connectivity index (χ1n) is 21.4. The number of nitrogens with zero attached hydrogens (tertiary/aromatic N) is 3. The SMILES string of the molecule is CC(C)Cc1cc(-c2[c-]cccc2)ncc1[Si](C)(C)C.CC(C)c1cc(-c2ccccc2)cc(C(C)C)c1-n1c(-c2[c-]cc3sc4ccccc4c3c2)nc2ccccc21.[Ir]. The Morgan fingerprint density at radius 3 is 2.00 bits per heavy atom. The number of thiophene rings is 1. The van der Waals surface area contributed by atoms with Crippen LogP contribution in [0.25, 0.3) is 70.7 Å². The molecule has 0 unspecified atom stereocenters. The monoisotopic (exact) mass is 1010 g/mol. The number of hydrogen-bond donors (Lipinski definition) is 0. The summed E-state index contributed by atoms with van der Waals surface area (Å²) in [7, 11) is -1.34. The van der Waals surface area contributed by atoms with Gasteiger partial charge in [-0.15, -0.1) is 59.7 Å². The van der Waals surface area contributed by atoms with E-state index >= 15 is 0 Å². The topological polar surface area (TPSA) is 30.7 Å². The van der Waals surface area contributed by atoms with Crippen molar-refractivity contribution < 1.29 is 20.1 Å². The molecule has 3 aromatic heterocycles. The van der Waals surface area contributed by atoms with E-state index in [1.807, 2.05) is 29.5 Å². The molecule has 1 radical (unpaired) electrons. The summed E-state index contributed by atoms with van der Waals surface area (Å²) >= 11 is 1.82. The van der Waals surface area contributed by atoms with Gasteiger partial charge in [0, 0.05) is 36.7 Å². The van der Waals surface area contributed by atoms with Gasteiger partial charge in [0.05, 0.1) is 24.9 Å². The van der Waals surface area contributed by atoms with Crippen molar-refractivity contribution in [3.8, 4) is 39.5 Å². The normalized spacial score (nSPS) is 11.7. The summed E-state index contributed by atoms with van der Waals surface area (Å²) in [5.41, 5.74) is 13.2. The number of rotatable bonds is 9. The van der Waals surface area contributed by atoms with E-state index in [4.69, 9.17) is 4.98 Å². The van der Waals surface area contributed by atoms with Crippen LogP contribution in [0.15, 0.2) is 140 Å². The molecule has 0 aliphatic carbocycles. The van der Waals surface area contributed by atoms with Gasteiger partial charge in [-0.3, -0.25) is 4.98 Å². The van der Waals surface area contributed by atoms with Gasteiger partial charge in [0.15, 0.2) is 0 Å². The Labute approximate surface area is 381 Å². The molecule has 0 spiro atoms. The summed E-state index contributed by atoms with van der Waals surface area (Å²) < 4.78 is 4.96. The van der Waals surface area contributed by atoms with Crippen molar-refractivity contribution in [2.75, 3.05) is 0 Å². The smallest absolute Gasteiger partial charge is 0.0798 e. The van der Waals surface area contributed by atoms with Gasteiger partial charge in [0.25, 0.3) is 0 Å². The van der Waals surface area contributed by atoms with Crippen molar-refractivity contribution in [2.24, 2.45) is 5.92 Å². The summed E-state index contributed by atoms with van der Waals surface area (Å²) in [6.07, 6.45) is 3.24. The molecule has 0 aliphatic heterocycles. The van der Waals surface area contributed by atoms with Crippen molar-refractivity contribution in [1.29, 1.82) is 0 Å². The Morgan fingerprint density at radius 2 is 1.33 bits per heavy atom. The third-order valence-corrected chi connectivity index (χ3v) is 14.5. The van der Waals surface area contributed by atoms with Crippen molar-refractivity contribution in [3.63, 3.8) is 0 Å². The number of benzene rings is 6. The maximum absolute atomic E-state index is 5.25. The van der Waals surface area contributed by atoms with Gasteiger partial charge < -0.3 is 9.55 Å². The second-order valence-electron chi connectivity index (χ2n) is 18.0. The summed E-state index contributed by atoms with van der Waals surface area (Å²) in [6.45, 7) is 20.9. The molecule has 0 saturated heterocycles. The quantitative estimate of drug-likeness (QED) is 0.107. The van der Waals surface area contributed by atoms with Crippen LogP contribution in [0.1, 0.15) is 70.1 Å². The summed E-state index contributed by atoms with van der Waals surface area (Å²) in [5, 5.41) is 4.05. The zero-order chi connectivity index (χ0) is 42.1. The minimum atomic E-state index is -1.34. The average molecular weight is 1010 g/mol. The largest absolute Gasteiger partial charge is 0.333 e. The third kappa shape index (κ3) is 9.29. The molecule has 61 heavy (non-hydrogen) atoms. The van der Waals surface area contributed by atoms with E-state index in [-0.39, 0.29) is 20.1 Å². The molecule has 0 aliphatic rings. The molecule has 0 amide bonds. The Kier molecular flexibility index (Phi) is 13.4. The Morgan fingerprint density at radius 1 is 0.656 bits per heavy atom. The van der Waals surface area contributed by atoms with E-state index in [9.17, 15) is 0 Å². The van der Waals surface area contributed by atoms with Gasteiger partial charge in [-0.05, 0) is 97.7 Å². The molecule has 6 heteroatoms. The predicted octanol–water partition coefficient (Wildman–Crippen LogP) is 15.1. The molecule has 0 fully saturated rings. The van der Waals surface area contributed by atoms with Crippen molar-refractivity contribution in [3.05, 3.63) is 168 Å². The van der Waals surface area contributed by atoms with Gasteiger partial charge in [-0.25, -0.2) is 0 Å². The molecule has 3 heterocycles. The van der Waals surface area contributed by atoms with Gasteiger partial charge >= 0.3 is 0 Å². The number of fused-ring (bicyclic) bond motifs is 4. The van der Waals surface area contributed by atoms with Crippen LogP contribution in [0.3, 0.4) is 0 Å². The number of aromatic nitrogens is 3. The van der Waals surface area contributed by atoms with Gasteiger partial charge in [0.1, 0.15) is 0 Å². The number of imidazole rings is 1. The van der Waals surface area contributed by atoms with Crippen LogP contribution >= 0.6 is 11.3 Å². The van der Waals surface area contributed by atoms with Crippen LogP contribution < -0.4 is 5.19 Å². The molecular weight excluding hydrogens is 955 g/mol.